The average Bonchev–Trinajstić information content (AvgIpc) is 2.93. The van der Waals surface area contributed by atoms with Crippen molar-refractivity contribution in [3.05, 3.63) is 71.8 Å². The Kier molecular flexibility index (Phi) is 15.2. The fourth-order valence-electron chi connectivity index (χ4n) is 4.70. The van der Waals surface area contributed by atoms with Crippen LogP contribution in [0.2, 0.25) is 0 Å². The van der Waals surface area contributed by atoms with Crippen molar-refractivity contribution in [2.75, 3.05) is 13.2 Å². The second kappa shape index (κ2) is 18.0. The normalized spacial score (nSPS) is 14.6. The van der Waals surface area contributed by atoms with Gasteiger partial charge >= 0.3 is 13.9 Å². The zero-order chi connectivity index (χ0) is 33.6. The number of alkyl carbamates (subject to hydrolysis) is 1. The molecule has 0 saturated carbocycles. The monoisotopic (exact) mass is 649 g/mol. The second-order valence-electron chi connectivity index (χ2n) is 12.4. The predicted octanol–water partition coefficient (Wildman–Crippen LogP) is 3.49. The Morgan fingerprint density at radius 1 is 0.844 bits per heavy atom. The van der Waals surface area contributed by atoms with Gasteiger partial charge in [-0.2, -0.15) is 0 Å². The van der Waals surface area contributed by atoms with Crippen molar-refractivity contribution in [2.45, 2.75) is 84.1 Å². The lowest BCUT2D eigenvalue weighted by atomic mass is 9.88. The summed E-state index contributed by atoms with van der Waals surface area (Å²) < 4.78 is 20.8. The maximum atomic E-state index is 13.8. The zero-order valence-corrected chi connectivity index (χ0v) is 27.5. The van der Waals surface area contributed by atoms with Crippen molar-refractivity contribution in [3.8, 4) is 0 Å². The highest BCUT2D eigenvalue weighted by molar-refractivity contribution is 7.46. The first-order valence-electron chi connectivity index (χ1n) is 15.1. The molecule has 2 aromatic rings. The smallest absolute Gasteiger partial charge is 0.444 e. The average molecular weight is 650 g/mol. The molecule has 0 aromatic heterocycles. The second-order valence-corrected chi connectivity index (χ2v) is 13.7. The molecule has 0 heterocycles. The quantitative estimate of drug-likeness (QED) is 0.110. The van der Waals surface area contributed by atoms with Crippen LogP contribution in [0, 0.1) is 11.8 Å². The molecule has 0 bridgehead atoms. The first kappa shape index (κ1) is 37.9. The summed E-state index contributed by atoms with van der Waals surface area (Å²) in [7, 11) is -4.68. The molecule has 2 rings (SSSR count). The number of phosphoric ester groups is 1. The summed E-state index contributed by atoms with van der Waals surface area (Å²) in [4.78, 5) is 57.3. The van der Waals surface area contributed by atoms with E-state index in [1.165, 1.54) is 0 Å². The maximum Gasteiger partial charge on any atom is 0.469 e. The van der Waals surface area contributed by atoms with Gasteiger partial charge in [-0.25, -0.2) is 9.36 Å². The van der Waals surface area contributed by atoms with Crippen LogP contribution in [0.1, 0.15) is 58.6 Å². The largest absolute Gasteiger partial charge is 0.469 e. The Balaban J connectivity index is 2.27. The molecule has 4 atom stereocenters. The first-order valence-corrected chi connectivity index (χ1v) is 16.6. The van der Waals surface area contributed by atoms with E-state index in [0.717, 1.165) is 11.1 Å². The van der Waals surface area contributed by atoms with Gasteiger partial charge in [0.05, 0.1) is 18.8 Å². The molecule has 0 fully saturated rings. The highest BCUT2D eigenvalue weighted by atomic mass is 31.2. The number of rotatable bonds is 17. The Hall–Kier alpha value is -3.28. The van der Waals surface area contributed by atoms with Gasteiger partial charge < -0.3 is 35.6 Å². The fourth-order valence-corrected chi connectivity index (χ4v) is 5.03. The Morgan fingerprint density at radius 2 is 1.40 bits per heavy atom. The zero-order valence-electron chi connectivity index (χ0n) is 26.6. The van der Waals surface area contributed by atoms with E-state index in [0.29, 0.717) is 6.42 Å². The van der Waals surface area contributed by atoms with E-state index in [-0.39, 0.29) is 31.7 Å². The number of benzene rings is 2. The Morgan fingerprint density at radius 3 is 1.91 bits per heavy atom. The summed E-state index contributed by atoms with van der Waals surface area (Å²) in [5.74, 6) is -1.74. The number of ether oxygens (including phenoxy) is 1. The summed E-state index contributed by atoms with van der Waals surface area (Å²) >= 11 is 0. The highest BCUT2D eigenvalue weighted by Crippen LogP contribution is 2.35. The molecule has 0 unspecified atom stereocenters. The molecule has 0 saturated heterocycles. The molecular formula is C32H48N3O9P. The lowest BCUT2D eigenvalue weighted by molar-refractivity contribution is -0.132. The van der Waals surface area contributed by atoms with Crippen LogP contribution in [0.3, 0.4) is 0 Å². The molecule has 12 nitrogen and oxygen atoms in total. The number of amides is 3. The minimum atomic E-state index is -4.68. The van der Waals surface area contributed by atoms with Crippen molar-refractivity contribution in [2.24, 2.45) is 11.8 Å². The van der Waals surface area contributed by atoms with Crippen LogP contribution in [0.15, 0.2) is 60.7 Å². The molecule has 13 heteroatoms. The van der Waals surface area contributed by atoms with Gasteiger partial charge in [-0.3, -0.25) is 14.1 Å². The molecule has 3 amide bonds. The molecule has 2 aromatic carbocycles. The molecule has 250 valence electrons. The van der Waals surface area contributed by atoms with E-state index in [4.69, 9.17) is 14.5 Å². The molecule has 0 aliphatic heterocycles. The van der Waals surface area contributed by atoms with E-state index in [2.05, 4.69) is 20.5 Å². The predicted molar refractivity (Wildman–Crippen MR) is 170 cm³/mol. The minimum Gasteiger partial charge on any atom is -0.444 e. The topological polar surface area (TPSA) is 184 Å². The van der Waals surface area contributed by atoms with E-state index in [9.17, 15) is 24.1 Å². The van der Waals surface area contributed by atoms with Gasteiger partial charge in [0.2, 0.25) is 11.8 Å². The molecule has 0 aliphatic carbocycles. The van der Waals surface area contributed by atoms with Crippen molar-refractivity contribution >= 4 is 25.7 Å². The van der Waals surface area contributed by atoms with Gasteiger partial charge in [-0.05, 0) is 63.5 Å². The van der Waals surface area contributed by atoms with E-state index in [1.807, 2.05) is 74.5 Å². The highest BCUT2D eigenvalue weighted by Gasteiger charge is 2.32. The fraction of sp³-hybridized carbons (Fsp3) is 0.531. The number of phosphoric acid groups is 1. The van der Waals surface area contributed by atoms with E-state index < -0.39 is 62.0 Å². The molecule has 45 heavy (non-hydrogen) atoms. The van der Waals surface area contributed by atoms with Crippen molar-refractivity contribution in [3.63, 3.8) is 0 Å². The number of hydrogen-bond acceptors (Lipinski definition) is 7. The summed E-state index contributed by atoms with van der Waals surface area (Å²) in [6, 6.07) is 16.9. The molecule has 0 spiro atoms. The van der Waals surface area contributed by atoms with Crippen LogP contribution < -0.4 is 16.0 Å². The van der Waals surface area contributed by atoms with Crippen LogP contribution in [-0.2, 0) is 36.3 Å². The van der Waals surface area contributed by atoms with Crippen LogP contribution >= 0.6 is 7.82 Å². The third-order valence-electron chi connectivity index (χ3n) is 6.69. The number of carbonyl (C=O) groups is 3. The Bertz CT molecular complexity index is 1250. The van der Waals surface area contributed by atoms with E-state index >= 15 is 0 Å². The van der Waals surface area contributed by atoms with Gasteiger partial charge in [-0.15, -0.1) is 0 Å². The standard InChI is InChI=1S/C32H48N3O9P/c1-22(2)18-27(30(38)33-16-17-43-45(40,41)42)34-29(37)25(19-23-12-8-6-9-13-23)21-28(36)26(20-24-14-10-7-11-15-24)35-31(39)44-32(3,4)5/h6-15,22,25-28,36H,16-21H2,1-5H3,(H,33,38)(H,34,37)(H,35,39)(H2,40,41,42)/t25-,26-,27-,28-/m0/s1. The SMILES string of the molecule is CC(C)C[C@H](NC(=O)[C@@H](Cc1ccccc1)C[C@H](O)[C@H](Cc1ccccc1)NC(=O)OC(C)(C)C)C(=O)NCCOP(=O)(O)O. The lowest BCUT2D eigenvalue weighted by Gasteiger charge is -2.30. The third-order valence-corrected chi connectivity index (χ3v) is 7.21. The van der Waals surface area contributed by atoms with Gasteiger partial charge in [-0.1, -0.05) is 74.5 Å². The molecule has 0 aliphatic rings. The van der Waals surface area contributed by atoms with Crippen LogP contribution in [0.5, 0.6) is 0 Å². The van der Waals surface area contributed by atoms with Gasteiger partial charge in [0, 0.05) is 12.5 Å². The molecular weight excluding hydrogens is 601 g/mol. The third kappa shape index (κ3) is 16.0. The van der Waals surface area contributed by atoms with E-state index in [1.54, 1.807) is 20.8 Å². The number of aliphatic hydroxyl groups is 1. The van der Waals surface area contributed by atoms with Crippen LogP contribution in [-0.4, -0.2) is 69.7 Å². The molecule has 0 radical (unpaired) electrons. The van der Waals surface area contributed by atoms with Gasteiger partial charge in [0.25, 0.3) is 0 Å². The van der Waals surface area contributed by atoms with Gasteiger partial charge in [0.1, 0.15) is 11.6 Å². The van der Waals surface area contributed by atoms with Crippen molar-refractivity contribution in [1.82, 2.24) is 16.0 Å². The van der Waals surface area contributed by atoms with Crippen molar-refractivity contribution < 1.29 is 43.1 Å². The number of hydrogen-bond donors (Lipinski definition) is 6. The molecule has 6 N–H and O–H groups in total. The summed E-state index contributed by atoms with van der Waals surface area (Å²) in [6.07, 6.45) is -1.02. The summed E-state index contributed by atoms with van der Waals surface area (Å²) in [6.45, 7) is 8.43. The lowest BCUT2D eigenvalue weighted by Crippen LogP contribution is -2.51. The number of aliphatic hydroxyl groups excluding tert-OH is 1. The van der Waals surface area contributed by atoms with Crippen LogP contribution in [0.25, 0.3) is 0 Å². The Labute approximate surface area is 265 Å². The maximum absolute atomic E-state index is 13.8. The minimum absolute atomic E-state index is 0.0267. The van der Waals surface area contributed by atoms with Crippen LogP contribution in [0.4, 0.5) is 4.79 Å². The van der Waals surface area contributed by atoms with Gasteiger partial charge in [0.15, 0.2) is 0 Å². The van der Waals surface area contributed by atoms with Crippen molar-refractivity contribution in [1.29, 1.82) is 0 Å². The number of nitrogens with one attached hydrogen (secondary N) is 3. The summed E-state index contributed by atoms with van der Waals surface area (Å²) in [5.41, 5.74) is 0.970. The first-order chi connectivity index (χ1) is 21.0. The summed E-state index contributed by atoms with van der Waals surface area (Å²) in [5, 5.41) is 19.7. The number of carbonyl (C=O) groups excluding carboxylic acids is 3.